The first-order valence-corrected chi connectivity index (χ1v) is 9.92. The van der Waals surface area contributed by atoms with Crippen LogP contribution in [0, 0.1) is 6.92 Å². The summed E-state index contributed by atoms with van der Waals surface area (Å²) < 4.78 is 34.0. The highest BCUT2D eigenvalue weighted by Gasteiger charge is 2.27. The number of benzene rings is 3. The van der Waals surface area contributed by atoms with Crippen molar-refractivity contribution in [2.45, 2.75) is 11.8 Å². The van der Waals surface area contributed by atoms with Crippen molar-refractivity contribution >= 4 is 49.7 Å². The third kappa shape index (κ3) is 2.79. The fourth-order valence-electron chi connectivity index (χ4n) is 3.21. The zero-order valence-electron chi connectivity index (χ0n) is 14.5. The summed E-state index contributed by atoms with van der Waals surface area (Å²) in [6, 6.07) is 11.3. The molecule has 0 saturated carbocycles. The van der Waals surface area contributed by atoms with E-state index in [0.29, 0.717) is 38.4 Å². The number of sulfonamides is 1. The number of carbonyl (C=O) groups is 1. The van der Waals surface area contributed by atoms with Gasteiger partial charge >= 0.3 is 0 Å². The number of hydrogen-bond acceptors (Lipinski definition) is 4. The molecule has 0 aromatic heterocycles. The van der Waals surface area contributed by atoms with Gasteiger partial charge in [-0.25, -0.2) is 8.42 Å². The number of ether oxygens (including phenoxy) is 1. The monoisotopic (exact) mass is 402 g/mol. The molecular formula is C19H15ClN2O4S. The molecule has 4 rings (SSSR count). The topological polar surface area (TPSA) is 84.5 Å². The summed E-state index contributed by atoms with van der Waals surface area (Å²) in [7, 11) is -2.50. The van der Waals surface area contributed by atoms with Crippen LogP contribution in [0.2, 0.25) is 5.02 Å². The molecule has 0 bridgehead atoms. The second-order valence-corrected chi connectivity index (χ2v) is 8.26. The van der Waals surface area contributed by atoms with Gasteiger partial charge in [-0.1, -0.05) is 23.7 Å². The quantitative estimate of drug-likeness (QED) is 0.685. The number of aryl methyl sites for hydroxylation is 1. The van der Waals surface area contributed by atoms with Crippen LogP contribution >= 0.6 is 11.6 Å². The Hall–Kier alpha value is -2.77. The molecule has 0 aliphatic carbocycles. The smallest absolute Gasteiger partial charge is 0.262 e. The molecule has 1 heterocycles. The maximum atomic E-state index is 13.1. The fourth-order valence-corrected chi connectivity index (χ4v) is 4.63. The third-order valence-corrected chi connectivity index (χ3v) is 6.34. The first-order valence-electron chi connectivity index (χ1n) is 8.06. The number of anilines is 2. The number of methoxy groups -OCH3 is 1. The zero-order chi connectivity index (χ0) is 19.3. The summed E-state index contributed by atoms with van der Waals surface area (Å²) in [5.41, 5.74) is 2.06. The van der Waals surface area contributed by atoms with Gasteiger partial charge in [0.15, 0.2) is 0 Å². The van der Waals surface area contributed by atoms with Crippen molar-refractivity contribution in [1.29, 1.82) is 0 Å². The van der Waals surface area contributed by atoms with E-state index in [1.165, 1.54) is 13.2 Å². The van der Waals surface area contributed by atoms with Gasteiger partial charge in [0.05, 0.1) is 17.7 Å². The van der Waals surface area contributed by atoms with Crippen molar-refractivity contribution in [3.8, 4) is 5.75 Å². The van der Waals surface area contributed by atoms with Crippen molar-refractivity contribution < 1.29 is 17.9 Å². The van der Waals surface area contributed by atoms with Crippen LogP contribution in [0.5, 0.6) is 5.75 Å². The van der Waals surface area contributed by atoms with Crippen LogP contribution in [0.4, 0.5) is 11.4 Å². The van der Waals surface area contributed by atoms with E-state index in [-0.39, 0.29) is 16.5 Å². The largest absolute Gasteiger partial charge is 0.495 e. The highest BCUT2D eigenvalue weighted by atomic mass is 35.5. The van der Waals surface area contributed by atoms with Gasteiger partial charge in [0.1, 0.15) is 5.75 Å². The van der Waals surface area contributed by atoms with E-state index in [1.54, 1.807) is 43.3 Å². The summed E-state index contributed by atoms with van der Waals surface area (Å²) >= 11 is 6.09. The lowest BCUT2D eigenvalue weighted by Crippen LogP contribution is -2.14. The minimum atomic E-state index is -3.94. The zero-order valence-corrected chi connectivity index (χ0v) is 16.0. The van der Waals surface area contributed by atoms with E-state index in [9.17, 15) is 13.2 Å². The summed E-state index contributed by atoms with van der Waals surface area (Å²) in [6.07, 6.45) is 0. The fraction of sp³-hybridized carbons (Fsp3) is 0.105. The van der Waals surface area contributed by atoms with E-state index in [2.05, 4.69) is 10.0 Å². The molecule has 1 aliphatic heterocycles. The van der Waals surface area contributed by atoms with Crippen LogP contribution < -0.4 is 14.8 Å². The Morgan fingerprint density at radius 2 is 1.93 bits per heavy atom. The number of amides is 1. The van der Waals surface area contributed by atoms with Gasteiger partial charge in [0, 0.05) is 33.1 Å². The van der Waals surface area contributed by atoms with E-state index in [0.717, 1.165) is 0 Å². The van der Waals surface area contributed by atoms with E-state index in [1.807, 2.05) is 0 Å². The van der Waals surface area contributed by atoms with Crippen molar-refractivity contribution in [2.24, 2.45) is 0 Å². The molecule has 0 saturated heterocycles. The predicted molar refractivity (Wildman–Crippen MR) is 105 cm³/mol. The summed E-state index contributed by atoms with van der Waals surface area (Å²) in [4.78, 5) is 12.1. The van der Waals surface area contributed by atoms with Gasteiger partial charge in [-0.05, 0) is 36.8 Å². The molecule has 0 unspecified atom stereocenters. The molecule has 0 atom stereocenters. The number of hydrogen-bond donors (Lipinski definition) is 2. The lowest BCUT2D eigenvalue weighted by molar-refractivity contribution is 0.103. The third-order valence-electron chi connectivity index (χ3n) is 4.51. The van der Waals surface area contributed by atoms with Crippen LogP contribution in [0.15, 0.2) is 47.4 Å². The van der Waals surface area contributed by atoms with Crippen molar-refractivity contribution in [1.82, 2.24) is 0 Å². The molecule has 1 amide bonds. The molecule has 3 aromatic carbocycles. The van der Waals surface area contributed by atoms with Gasteiger partial charge < -0.3 is 10.1 Å². The maximum Gasteiger partial charge on any atom is 0.262 e. The lowest BCUT2D eigenvalue weighted by atomic mass is 10.1. The molecule has 0 spiro atoms. The van der Waals surface area contributed by atoms with E-state index in [4.69, 9.17) is 16.3 Å². The summed E-state index contributed by atoms with van der Waals surface area (Å²) in [5.74, 6) is 0.0741. The minimum Gasteiger partial charge on any atom is -0.495 e. The number of carbonyl (C=O) groups excluding carboxylic acids is 1. The molecule has 3 aromatic rings. The summed E-state index contributed by atoms with van der Waals surface area (Å²) in [5, 5.41) is 4.29. The molecule has 138 valence electrons. The predicted octanol–water partition coefficient (Wildman–Crippen LogP) is 4.18. The SMILES string of the molecule is COc1cc(Cl)c(C)cc1NS(=O)(=O)c1ccc2c3c(cccc13)C(=O)N2. The highest BCUT2D eigenvalue weighted by molar-refractivity contribution is 7.93. The van der Waals surface area contributed by atoms with Crippen LogP contribution in [0.1, 0.15) is 15.9 Å². The van der Waals surface area contributed by atoms with Gasteiger partial charge in [-0.3, -0.25) is 9.52 Å². The average Bonchev–Trinajstić information content (AvgIpc) is 2.95. The Kier molecular flexibility index (Phi) is 4.01. The van der Waals surface area contributed by atoms with Gasteiger partial charge in [0.2, 0.25) is 0 Å². The van der Waals surface area contributed by atoms with E-state index >= 15 is 0 Å². The molecule has 8 heteroatoms. The molecule has 6 nitrogen and oxygen atoms in total. The van der Waals surface area contributed by atoms with Crippen LogP contribution in [-0.4, -0.2) is 21.4 Å². The second kappa shape index (κ2) is 6.14. The minimum absolute atomic E-state index is 0.0780. The maximum absolute atomic E-state index is 13.1. The van der Waals surface area contributed by atoms with Gasteiger partial charge in [-0.15, -0.1) is 0 Å². The highest BCUT2D eigenvalue weighted by Crippen LogP contribution is 2.38. The number of rotatable bonds is 4. The normalized spacial score (nSPS) is 12.9. The first-order chi connectivity index (χ1) is 12.8. The number of nitrogens with one attached hydrogen (secondary N) is 2. The Balaban J connectivity index is 1.87. The van der Waals surface area contributed by atoms with Gasteiger partial charge in [0.25, 0.3) is 15.9 Å². The van der Waals surface area contributed by atoms with Gasteiger partial charge in [-0.2, -0.15) is 0 Å². The lowest BCUT2D eigenvalue weighted by Gasteiger charge is -2.15. The molecule has 27 heavy (non-hydrogen) atoms. The van der Waals surface area contributed by atoms with Crippen LogP contribution in [-0.2, 0) is 10.0 Å². The van der Waals surface area contributed by atoms with Crippen molar-refractivity contribution in [3.05, 3.63) is 58.6 Å². The second-order valence-electron chi connectivity index (χ2n) is 6.20. The number of halogens is 1. The molecule has 2 N–H and O–H groups in total. The standard InChI is InChI=1S/C19H15ClN2O4S/c1-10-8-15(16(26-2)9-13(10)20)22-27(24,25)17-7-6-14-18-11(17)4-3-5-12(18)19(23)21-14/h3-9,22H,1-2H3,(H,21,23). The molecule has 0 fully saturated rings. The molecule has 1 aliphatic rings. The van der Waals surface area contributed by atoms with Crippen molar-refractivity contribution in [3.63, 3.8) is 0 Å². The van der Waals surface area contributed by atoms with E-state index < -0.39 is 10.0 Å². The average molecular weight is 403 g/mol. The molecular weight excluding hydrogens is 388 g/mol. The summed E-state index contributed by atoms with van der Waals surface area (Å²) in [6.45, 7) is 1.77. The molecule has 0 radical (unpaired) electrons. The van der Waals surface area contributed by atoms with Crippen molar-refractivity contribution in [2.75, 3.05) is 17.1 Å². The Morgan fingerprint density at radius 3 is 2.67 bits per heavy atom. The first kappa shape index (κ1) is 17.6. The Labute approximate surface area is 161 Å². The Bertz CT molecular complexity index is 1220. The van der Waals surface area contributed by atoms with Crippen LogP contribution in [0.3, 0.4) is 0 Å². The van der Waals surface area contributed by atoms with Crippen LogP contribution in [0.25, 0.3) is 10.8 Å². The Morgan fingerprint density at radius 1 is 1.15 bits per heavy atom.